The zero-order chi connectivity index (χ0) is 11.4. The number of allylic oxidation sites excluding steroid dienone is 3. The van der Waals surface area contributed by atoms with Crippen molar-refractivity contribution in [3.63, 3.8) is 0 Å². The molecule has 0 heterocycles. The maximum absolute atomic E-state index is 10.7. The van der Waals surface area contributed by atoms with Gasteiger partial charge in [0, 0.05) is 6.42 Å². The van der Waals surface area contributed by atoms with E-state index in [4.69, 9.17) is 0 Å². The van der Waals surface area contributed by atoms with Crippen LogP contribution < -0.4 is 0 Å². The van der Waals surface area contributed by atoms with E-state index in [1.54, 1.807) is 6.92 Å². The zero-order valence-corrected chi connectivity index (χ0v) is 10.0. The SMILES string of the molecule is C=CC=CCCCCCCCCC(C)=O. The molecular weight excluding hydrogens is 184 g/mol. The molecular formula is C14H24O. The van der Waals surface area contributed by atoms with E-state index < -0.39 is 0 Å². The minimum atomic E-state index is 0.324. The van der Waals surface area contributed by atoms with Gasteiger partial charge in [-0.1, -0.05) is 50.5 Å². The van der Waals surface area contributed by atoms with Crippen LogP contribution in [0, 0.1) is 0 Å². The highest BCUT2D eigenvalue weighted by molar-refractivity contribution is 5.75. The molecule has 0 spiro atoms. The lowest BCUT2D eigenvalue weighted by atomic mass is 10.1. The van der Waals surface area contributed by atoms with Gasteiger partial charge < -0.3 is 4.79 Å². The first-order valence-electron chi connectivity index (χ1n) is 6.04. The second kappa shape index (κ2) is 11.2. The van der Waals surface area contributed by atoms with Crippen LogP contribution in [0.3, 0.4) is 0 Å². The summed E-state index contributed by atoms with van der Waals surface area (Å²) < 4.78 is 0. The molecule has 0 amide bonds. The normalized spacial score (nSPS) is 10.7. The summed E-state index contributed by atoms with van der Waals surface area (Å²) in [5.41, 5.74) is 0. The molecule has 0 aliphatic carbocycles. The molecule has 0 aromatic carbocycles. The molecule has 0 saturated carbocycles. The van der Waals surface area contributed by atoms with Crippen molar-refractivity contribution >= 4 is 5.78 Å². The topological polar surface area (TPSA) is 17.1 Å². The fourth-order valence-electron chi connectivity index (χ4n) is 1.54. The van der Waals surface area contributed by atoms with Crippen molar-refractivity contribution in [1.29, 1.82) is 0 Å². The first-order chi connectivity index (χ1) is 7.27. The molecule has 15 heavy (non-hydrogen) atoms. The van der Waals surface area contributed by atoms with Crippen LogP contribution in [-0.4, -0.2) is 5.78 Å². The molecule has 0 unspecified atom stereocenters. The first kappa shape index (κ1) is 14.2. The van der Waals surface area contributed by atoms with Gasteiger partial charge in [-0.05, 0) is 26.2 Å². The lowest BCUT2D eigenvalue weighted by Crippen LogP contribution is -1.89. The summed E-state index contributed by atoms with van der Waals surface area (Å²) in [7, 11) is 0. The van der Waals surface area contributed by atoms with Crippen LogP contribution in [0.5, 0.6) is 0 Å². The molecule has 0 bridgehead atoms. The van der Waals surface area contributed by atoms with Crippen LogP contribution in [-0.2, 0) is 4.79 Å². The Kier molecular flexibility index (Phi) is 10.6. The molecule has 0 fully saturated rings. The van der Waals surface area contributed by atoms with Gasteiger partial charge in [0.25, 0.3) is 0 Å². The maximum atomic E-state index is 10.7. The van der Waals surface area contributed by atoms with Gasteiger partial charge in [0.15, 0.2) is 0 Å². The fourth-order valence-corrected chi connectivity index (χ4v) is 1.54. The van der Waals surface area contributed by atoms with E-state index in [0.29, 0.717) is 5.78 Å². The molecule has 0 aliphatic heterocycles. The Labute approximate surface area is 94.3 Å². The van der Waals surface area contributed by atoms with E-state index in [1.165, 1.54) is 38.5 Å². The predicted octanol–water partition coefficient (Wildman–Crippen LogP) is 4.44. The van der Waals surface area contributed by atoms with E-state index in [2.05, 4.69) is 12.7 Å². The molecule has 0 rings (SSSR count). The second-order valence-corrected chi connectivity index (χ2v) is 4.03. The maximum Gasteiger partial charge on any atom is 0.129 e. The summed E-state index contributed by atoms with van der Waals surface area (Å²) >= 11 is 0. The van der Waals surface area contributed by atoms with E-state index >= 15 is 0 Å². The third-order valence-corrected chi connectivity index (χ3v) is 2.42. The van der Waals surface area contributed by atoms with Crippen LogP contribution in [0.25, 0.3) is 0 Å². The number of unbranched alkanes of at least 4 members (excludes halogenated alkanes) is 6. The van der Waals surface area contributed by atoms with E-state index in [0.717, 1.165) is 12.8 Å². The van der Waals surface area contributed by atoms with E-state index in [1.807, 2.05) is 12.2 Å². The fraction of sp³-hybridized carbons (Fsp3) is 0.643. The average Bonchev–Trinajstić information content (AvgIpc) is 2.20. The molecule has 0 aromatic rings. The van der Waals surface area contributed by atoms with Gasteiger partial charge in [0.1, 0.15) is 5.78 Å². The van der Waals surface area contributed by atoms with Gasteiger partial charge in [-0.3, -0.25) is 0 Å². The quantitative estimate of drug-likeness (QED) is 0.383. The standard InChI is InChI=1S/C14H24O/c1-3-4-5-6-7-8-9-10-11-12-13-14(2)15/h3-5H,1,6-13H2,2H3. The summed E-state index contributed by atoms with van der Waals surface area (Å²) in [6, 6.07) is 0. The Morgan fingerprint density at radius 3 is 2.27 bits per heavy atom. The lowest BCUT2D eigenvalue weighted by molar-refractivity contribution is -0.117. The monoisotopic (exact) mass is 208 g/mol. The Morgan fingerprint density at radius 1 is 1.07 bits per heavy atom. The number of ketones is 1. The molecule has 0 atom stereocenters. The average molecular weight is 208 g/mol. The number of carbonyl (C=O) groups is 1. The number of hydrogen-bond acceptors (Lipinski definition) is 1. The van der Waals surface area contributed by atoms with Crippen molar-refractivity contribution in [2.45, 2.75) is 58.3 Å². The minimum absolute atomic E-state index is 0.324. The number of carbonyl (C=O) groups excluding carboxylic acids is 1. The Hall–Kier alpha value is -0.850. The van der Waals surface area contributed by atoms with Gasteiger partial charge in [0.05, 0.1) is 0 Å². The van der Waals surface area contributed by atoms with Crippen LogP contribution in [0.1, 0.15) is 58.3 Å². The number of rotatable bonds is 10. The first-order valence-corrected chi connectivity index (χ1v) is 6.04. The number of Topliss-reactive ketones (excluding diaryl/α,β-unsaturated/α-hetero) is 1. The highest BCUT2D eigenvalue weighted by Crippen LogP contribution is 2.08. The lowest BCUT2D eigenvalue weighted by Gasteiger charge is -1.99. The summed E-state index contributed by atoms with van der Waals surface area (Å²) in [4.78, 5) is 10.7. The molecule has 0 saturated heterocycles. The van der Waals surface area contributed by atoms with E-state index in [-0.39, 0.29) is 0 Å². The van der Waals surface area contributed by atoms with Crippen LogP contribution in [0.15, 0.2) is 24.8 Å². The highest BCUT2D eigenvalue weighted by atomic mass is 16.1. The Morgan fingerprint density at radius 2 is 1.67 bits per heavy atom. The Balaban J connectivity index is 3.01. The van der Waals surface area contributed by atoms with Crippen molar-refractivity contribution in [3.05, 3.63) is 24.8 Å². The van der Waals surface area contributed by atoms with Gasteiger partial charge in [0.2, 0.25) is 0 Å². The smallest absolute Gasteiger partial charge is 0.129 e. The summed E-state index contributed by atoms with van der Waals surface area (Å²) in [5.74, 6) is 0.324. The third-order valence-electron chi connectivity index (χ3n) is 2.42. The van der Waals surface area contributed by atoms with Crippen molar-refractivity contribution in [1.82, 2.24) is 0 Å². The molecule has 0 radical (unpaired) electrons. The van der Waals surface area contributed by atoms with Crippen LogP contribution >= 0.6 is 0 Å². The van der Waals surface area contributed by atoms with Crippen molar-refractivity contribution in [2.24, 2.45) is 0 Å². The van der Waals surface area contributed by atoms with Gasteiger partial charge >= 0.3 is 0 Å². The van der Waals surface area contributed by atoms with Crippen LogP contribution in [0.4, 0.5) is 0 Å². The largest absolute Gasteiger partial charge is 0.300 e. The van der Waals surface area contributed by atoms with Crippen LogP contribution in [0.2, 0.25) is 0 Å². The molecule has 86 valence electrons. The highest BCUT2D eigenvalue weighted by Gasteiger charge is 1.93. The summed E-state index contributed by atoms with van der Waals surface area (Å²) in [6.45, 7) is 5.30. The summed E-state index contributed by atoms with van der Waals surface area (Å²) in [6.07, 6.45) is 15.4. The molecule has 0 aliphatic rings. The Bertz CT molecular complexity index is 192. The van der Waals surface area contributed by atoms with Crippen molar-refractivity contribution < 1.29 is 4.79 Å². The van der Waals surface area contributed by atoms with Gasteiger partial charge in [-0.25, -0.2) is 0 Å². The molecule has 0 N–H and O–H groups in total. The summed E-state index contributed by atoms with van der Waals surface area (Å²) in [5, 5.41) is 0. The van der Waals surface area contributed by atoms with Gasteiger partial charge in [-0.2, -0.15) is 0 Å². The second-order valence-electron chi connectivity index (χ2n) is 4.03. The predicted molar refractivity (Wildman–Crippen MR) is 67.0 cm³/mol. The van der Waals surface area contributed by atoms with E-state index in [9.17, 15) is 4.79 Å². The molecule has 0 aromatic heterocycles. The van der Waals surface area contributed by atoms with Gasteiger partial charge in [-0.15, -0.1) is 0 Å². The zero-order valence-electron chi connectivity index (χ0n) is 10.0. The number of hydrogen-bond donors (Lipinski definition) is 0. The third kappa shape index (κ3) is 13.2. The van der Waals surface area contributed by atoms with Crippen molar-refractivity contribution in [2.75, 3.05) is 0 Å². The molecule has 1 nitrogen and oxygen atoms in total. The minimum Gasteiger partial charge on any atom is -0.300 e. The molecule has 1 heteroatoms. The van der Waals surface area contributed by atoms with Crippen molar-refractivity contribution in [3.8, 4) is 0 Å².